The lowest BCUT2D eigenvalue weighted by molar-refractivity contribution is -0.135. The van der Waals surface area contributed by atoms with Crippen molar-refractivity contribution in [2.75, 3.05) is 25.1 Å². The number of piperidine rings is 1. The minimum Gasteiger partial charge on any atom is -0.497 e. The summed E-state index contributed by atoms with van der Waals surface area (Å²) in [4.78, 5) is 36.4. The number of para-hydroxylation sites is 3. The minimum absolute atomic E-state index is 0.0687. The summed E-state index contributed by atoms with van der Waals surface area (Å²) >= 11 is 0. The molecule has 2 unspecified atom stereocenters. The number of methoxy groups -OCH3 is 1. The van der Waals surface area contributed by atoms with E-state index in [9.17, 15) is 9.59 Å². The van der Waals surface area contributed by atoms with Crippen LogP contribution in [0.25, 0.3) is 28.0 Å². The van der Waals surface area contributed by atoms with Crippen LogP contribution in [-0.2, 0) is 16.0 Å². The lowest BCUT2D eigenvalue weighted by Gasteiger charge is -2.37. The molecule has 48 heavy (non-hydrogen) atoms. The molecular formula is C39H36N6O3. The van der Waals surface area contributed by atoms with Gasteiger partial charge in [0.1, 0.15) is 18.2 Å². The molecule has 0 spiro atoms. The Balaban J connectivity index is 1.22. The number of hydrogen-bond acceptors (Lipinski definition) is 5. The number of aromatic nitrogens is 4. The number of nitrogens with zero attached hydrogens (tertiary/aromatic N) is 5. The quantitative estimate of drug-likeness (QED) is 0.207. The van der Waals surface area contributed by atoms with Crippen molar-refractivity contribution < 1.29 is 14.3 Å². The number of anilines is 1. The van der Waals surface area contributed by atoms with E-state index in [1.165, 1.54) is 0 Å². The maximum absolute atomic E-state index is 15.0. The van der Waals surface area contributed by atoms with Crippen LogP contribution in [0.4, 0.5) is 5.69 Å². The lowest BCUT2D eigenvalue weighted by atomic mass is 9.94. The molecule has 0 bridgehead atoms. The molecule has 2 aromatic heterocycles. The second-order valence-corrected chi connectivity index (χ2v) is 12.5. The first-order valence-electron chi connectivity index (χ1n) is 16.5. The SMILES string of the molecule is COc1ccc(C2CCCCN2C(=O)CN2C(=O)C(Cc3c[nH]c4ccccc34)c3nnc(-c4ccccc4)n3-c3ccccc32)cc1. The molecule has 2 amide bonds. The molecule has 2 aliphatic heterocycles. The van der Waals surface area contributed by atoms with E-state index in [1.807, 2.05) is 113 Å². The summed E-state index contributed by atoms with van der Waals surface area (Å²) in [7, 11) is 1.65. The Morgan fingerprint density at radius 1 is 0.875 bits per heavy atom. The fourth-order valence-electron chi connectivity index (χ4n) is 7.32. The largest absolute Gasteiger partial charge is 0.497 e. The highest BCUT2D eigenvalue weighted by Crippen LogP contribution is 2.40. The molecular weight excluding hydrogens is 600 g/mol. The van der Waals surface area contributed by atoms with Gasteiger partial charge in [0.25, 0.3) is 0 Å². The van der Waals surface area contributed by atoms with Crippen LogP contribution in [0.15, 0.2) is 109 Å². The molecule has 0 aliphatic carbocycles. The molecule has 2 aliphatic rings. The van der Waals surface area contributed by atoms with E-state index in [0.29, 0.717) is 30.3 Å². The molecule has 8 rings (SSSR count). The third kappa shape index (κ3) is 5.21. The van der Waals surface area contributed by atoms with Crippen molar-refractivity contribution in [1.29, 1.82) is 0 Å². The number of carbonyl (C=O) groups is 2. The smallest absolute Gasteiger partial charge is 0.243 e. The Morgan fingerprint density at radius 3 is 2.44 bits per heavy atom. The third-order valence-corrected chi connectivity index (χ3v) is 9.73. The first-order chi connectivity index (χ1) is 23.6. The van der Waals surface area contributed by atoms with Gasteiger partial charge in [-0.05, 0) is 67.1 Å². The van der Waals surface area contributed by atoms with Crippen LogP contribution in [0, 0.1) is 0 Å². The van der Waals surface area contributed by atoms with Gasteiger partial charge in [-0.15, -0.1) is 10.2 Å². The highest BCUT2D eigenvalue weighted by molar-refractivity contribution is 6.05. The van der Waals surface area contributed by atoms with E-state index in [-0.39, 0.29) is 24.4 Å². The number of fused-ring (bicyclic) bond motifs is 4. The Hall–Kier alpha value is -5.70. The van der Waals surface area contributed by atoms with Crippen molar-refractivity contribution in [3.63, 3.8) is 0 Å². The molecule has 1 saturated heterocycles. The zero-order valence-electron chi connectivity index (χ0n) is 26.8. The zero-order valence-corrected chi connectivity index (χ0v) is 26.8. The number of aromatic amines is 1. The van der Waals surface area contributed by atoms with Gasteiger partial charge < -0.3 is 19.5 Å². The molecule has 4 aromatic carbocycles. The average Bonchev–Trinajstić information content (AvgIpc) is 3.75. The molecule has 9 nitrogen and oxygen atoms in total. The molecule has 9 heteroatoms. The van der Waals surface area contributed by atoms with E-state index >= 15 is 0 Å². The monoisotopic (exact) mass is 636 g/mol. The van der Waals surface area contributed by atoms with Crippen LogP contribution in [-0.4, -0.2) is 56.7 Å². The molecule has 0 radical (unpaired) electrons. The first kappa shape index (κ1) is 29.7. The summed E-state index contributed by atoms with van der Waals surface area (Å²) in [5.41, 5.74) is 5.40. The van der Waals surface area contributed by atoms with Crippen molar-refractivity contribution in [2.24, 2.45) is 0 Å². The molecule has 240 valence electrons. The fourth-order valence-corrected chi connectivity index (χ4v) is 7.32. The number of amides is 2. The number of carbonyl (C=O) groups excluding carboxylic acids is 2. The minimum atomic E-state index is -0.687. The number of ether oxygens (including phenoxy) is 1. The number of rotatable bonds is 7. The van der Waals surface area contributed by atoms with Gasteiger partial charge in [0.05, 0.1) is 24.5 Å². The van der Waals surface area contributed by atoms with Gasteiger partial charge >= 0.3 is 0 Å². The summed E-state index contributed by atoms with van der Waals surface area (Å²) < 4.78 is 7.39. The Labute approximate surface area is 278 Å². The number of nitrogens with one attached hydrogen (secondary N) is 1. The van der Waals surface area contributed by atoms with Gasteiger partial charge in [-0.2, -0.15) is 0 Å². The van der Waals surface area contributed by atoms with Crippen LogP contribution in [0.2, 0.25) is 0 Å². The van der Waals surface area contributed by atoms with Crippen molar-refractivity contribution in [3.8, 4) is 22.8 Å². The van der Waals surface area contributed by atoms with Crippen molar-refractivity contribution >= 4 is 28.4 Å². The highest BCUT2D eigenvalue weighted by atomic mass is 16.5. The normalized spacial score (nSPS) is 17.6. The predicted molar refractivity (Wildman–Crippen MR) is 185 cm³/mol. The second-order valence-electron chi connectivity index (χ2n) is 12.5. The van der Waals surface area contributed by atoms with Gasteiger partial charge in [0, 0.05) is 29.2 Å². The summed E-state index contributed by atoms with van der Waals surface area (Å²) in [6.45, 7) is 0.563. The first-order valence-corrected chi connectivity index (χ1v) is 16.5. The van der Waals surface area contributed by atoms with Crippen LogP contribution >= 0.6 is 0 Å². The summed E-state index contributed by atoms with van der Waals surface area (Å²) in [5, 5.41) is 10.4. The van der Waals surface area contributed by atoms with Gasteiger partial charge in [0.2, 0.25) is 11.8 Å². The molecule has 2 atom stereocenters. The zero-order chi connectivity index (χ0) is 32.6. The van der Waals surface area contributed by atoms with Gasteiger partial charge in [-0.25, -0.2) is 0 Å². The number of likely N-dealkylation sites (tertiary alicyclic amines) is 1. The van der Waals surface area contributed by atoms with E-state index in [1.54, 1.807) is 12.0 Å². The number of hydrogen-bond donors (Lipinski definition) is 1. The van der Waals surface area contributed by atoms with Gasteiger partial charge in [-0.1, -0.05) is 72.8 Å². The summed E-state index contributed by atoms with van der Waals surface area (Å²) in [6, 6.07) is 33.6. The Morgan fingerprint density at radius 2 is 1.62 bits per heavy atom. The van der Waals surface area contributed by atoms with Crippen LogP contribution < -0.4 is 9.64 Å². The Bertz CT molecular complexity index is 2100. The van der Waals surface area contributed by atoms with E-state index in [0.717, 1.165) is 58.3 Å². The maximum Gasteiger partial charge on any atom is 0.243 e. The summed E-state index contributed by atoms with van der Waals surface area (Å²) in [5.74, 6) is 1.05. The van der Waals surface area contributed by atoms with E-state index in [2.05, 4.69) is 16.1 Å². The lowest BCUT2D eigenvalue weighted by Crippen LogP contribution is -2.47. The molecule has 0 saturated carbocycles. The highest BCUT2D eigenvalue weighted by Gasteiger charge is 2.40. The van der Waals surface area contributed by atoms with Crippen molar-refractivity contribution in [1.82, 2.24) is 24.6 Å². The topological polar surface area (TPSA) is 96.3 Å². The maximum atomic E-state index is 15.0. The Kier molecular flexibility index (Phi) is 7.72. The molecule has 6 aromatic rings. The fraction of sp³-hybridized carbons (Fsp3) is 0.231. The third-order valence-electron chi connectivity index (χ3n) is 9.73. The van der Waals surface area contributed by atoms with Crippen LogP contribution in [0.3, 0.4) is 0 Å². The summed E-state index contributed by atoms with van der Waals surface area (Å²) in [6.07, 6.45) is 5.19. The van der Waals surface area contributed by atoms with Gasteiger partial charge in [-0.3, -0.25) is 14.2 Å². The number of benzene rings is 4. The molecule has 1 fully saturated rings. The van der Waals surface area contributed by atoms with Crippen molar-refractivity contribution in [2.45, 2.75) is 37.6 Å². The molecule has 4 heterocycles. The van der Waals surface area contributed by atoms with Crippen molar-refractivity contribution in [3.05, 3.63) is 126 Å². The van der Waals surface area contributed by atoms with E-state index in [4.69, 9.17) is 9.84 Å². The number of H-pyrrole nitrogens is 1. The van der Waals surface area contributed by atoms with E-state index < -0.39 is 5.92 Å². The second kappa shape index (κ2) is 12.5. The predicted octanol–water partition coefficient (Wildman–Crippen LogP) is 6.85. The standard InChI is InChI=1S/C39H36N6O3/c1-48-29-20-18-26(19-21-29)33-15-9-10-22-43(33)36(46)25-44-34-16-7-8-17-35(34)45-37(27-11-3-2-4-12-27)41-42-38(45)31(39(44)47)23-28-24-40-32-14-6-5-13-30(28)32/h2-8,11-14,16-21,24,31,33,40H,9-10,15,22-23,25H2,1H3. The van der Waals surface area contributed by atoms with Crippen LogP contribution in [0.1, 0.15) is 48.2 Å². The van der Waals surface area contributed by atoms with Crippen LogP contribution in [0.5, 0.6) is 5.75 Å². The average molecular weight is 637 g/mol. The van der Waals surface area contributed by atoms with Gasteiger partial charge in [0.15, 0.2) is 11.6 Å². The molecule has 1 N–H and O–H groups in total.